The second kappa shape index (κ2) is 5.10. The average molecular weight is 263 g/mol. The molecule has 1 aromatic heterocycles. The summed E-state index contributed by atoms with van der Waals surface area (Å²) in [5.41, 5.74) is 11.7. The summed E-state index contributed by atoms with van der Waals surface area (Å²) in [5.74, 6) is 0. The molecule has 0 aliphatic carbocycles. The molecular weight excluding hydrogens is 248 g/mol. The monoisotopic (exact) mass is 262 g/mol. The summed E-state index contributed by atoms with van der Waals surface area (Å²) in [7, 11) is 0. The Balaban J connectivity index is 2.44. The maximum atomic E-state index is 5.99. The molecule has 0 amide bonds. The van der Waals surface area contributed by atoms with E-state index in [1.807, 2.05) is 6.92 Å². The molecule has 0 bridgehead atoms. The molecule has 0 fully saturated rings. The SMILES string of the molecule is CC(N)CCC(N)c1cc(Br)cs1. The van der Waals surface area contributed by atoms with Crippen LogP contribution in [0.2, 0.25) is 0 Å². The van der Waals surface area contributed by atoms with Crippen LogP contribution >= 0.6 is 27.3 Å². The van der Waals surface area contributed by atoms with Crippen LogP contribution in [0.5, 0.6) is 0 Å². The molecule has 4 N–H and O–H groups in total. The van der Waals surface area contributed by atoms with Crippen LogP contribution in [0.15, 0.2) is 15.9 Å². The van der Waals surface area contributed by atoms with Gasteiger partial charge in [0, 0.05) is 26.8 Å². The fourth-order valence-electron chi connectivity index (χ4n) is 1.11. The lowest BCUT2D eigenvalue weighted by Crippen LogP contribution is -2.18. The van der Waals surface area contributed by atoms with Crippen LogP contribution in [-0.4, -0.2) is 6.04 Å². The van der Waals surface area contributed by atoms with Crippen molar-refractivity contribution in [1.29, 1.82) is 0 Å². The summed E-state index contributed by atoms with van der Waals surface area (Å²) in [6.07, 6.45) is 1.95. The summed E-state index contributed by atoms with van der Waals surface area (Å²) < 4.78 is 1.11. The van der Waals surface area contributed by atoms with Crippen molar-refractivity contribution in [2.45, 2.75) is 31.8 Å². The topological polar surface area (TPSA) is 52.0 Å². The Labute approximate surface area is 91.4 Å². The summed E-state index contributed by atoms with van der Waals surface area (Å²) in [4.78, 5) is 1.23. The van der Waals surface area contributed by atoms with E-state index < -0.39 is 0 Å². The zero-order valence-electron chi connectivity index (χ0n) is 7.66. The third-order valence-corrected chi connectivity index (χ3v) is 3.71. The van der Waals surface area contributed by atoms with Crippen molar-refractivity contribution in [3.8, 4) is 0 Å². The van der Waals surface area contributed by atoms with Gasteiger partial charge in [-0.3, -0.25) is 0 Å². The van der Waals surface area contributed by atoms with Crippen molar-refractivity contribution in [2.75, 3.05) is 0 Å². The predicted octanol–water partition coefficient (Wildman–Crippen LogP) is 2.64. The number of hydrogen-bond acceptors (Lipinski definition) is 3. The van der Waals surface area contributed by atoms with E-state index in [1.165, 1.54) is 4.88 Å². The molecular formula is C9H15BrN2S. The Bertz CT molecular complexity index is 260. The van der Waals surface area contributed by atoms with E-state index in [-0.39, 0.29) is 12.1 Å². The van der Waals surface area contributed by atoms with E-state index in [1.54, 1.807) is 11.3 Å². The molecule has 0 saturated carbocycles. The van der Waals surface area contributed by atoms with E-state index in [9.17, 15) is 0 Å². The number of hydrogen-bond donors (Lipinski definition) is 2. The van der Waals surface area contributed by atoms with Crippen LogP contribution < -0.4 is 11.5 Å². The fraction of sp³-hybridized carbons (Fsp3) is 0.556. The van der Waals surface area contributed by atoms with Gasteiger partial charge in [-0.1, -0.05) is 0 Å². The van der Waals surface area contributed by atoms with Gasteiger partial charge in [0.05, 0.1) is 0 Å². The lowest BCUT2D eigenvalue weighted by molar-refractivity contribution is 0.560. The highest BCUT2D eigenvalue weighted by molar-refractivity contribution is 9.10. The lowest BCUT2D eigenvalue weighted by Gasteiger charge is -2.10. The summed E-state index contributed by atoms with van der Waals surface area (Å²) in [6.45, 7) is 2.01. The second-order valence-corrected chi connectivity index (χ2v) is 5.19. The van der Waals surface area contributed by atoms with E-state index >= 15 is 0 Å². The molecule has 13 heavy (non-hydrogen) atoms. The predicted molar refractivity (Wildman–Crippen MR) is 61.8 cm³/mol. The quantitative estimate of drug-likeness (QED) is 0.877. The molecule has 74 valence electrons. The standard InChI is InChI=1S/C9H15BrN2S/c1-6(11)2-3-8(12)9-4-7(10)5-13-9/h4-6,8H,2-3,11-12H2,1H3. The molecule has 0 aliphatic rings. The minimum atomic E-state index is 0.141. The Morgan fingerprint density at radius 2 is 2.15 bits per heavy atom. The first-order chi connectivity index (χ1) is 6.09. The van der Waals surface area contributed by atoms with Gasteiger partial charge in [0.15, 0.2) is 0 Å². The zero-order valence-corrected chi connectivity index (χ0v) is 10.1. The van der Waals surface area contributed by atoms with Crippen LogP contribution in [0.3, 0.4) is 0 Å². The minimum absolute atomic E-state index is 0.141. The number of halogens is 1. The molecule has 1 aromatic rings. The molecule has 0 aliphatic heterocycles. The third-order valence-electron chi connectivity index (χ3n) is 1.89. The summed E-state index contributed by atoms with van der Waals surface area (Å²) in [6, 6.07) is 2.47. The van der Waals surface area contributed by atoms with Gasteiger partial charge in [-0.2, -0.15) is 0 Å². The highest BCUT2D eigenvalue weighted by Crippen LogP contribution is 2.26. The van der Waals surface area contributed by atoms with Crippen molar-refractivity contribution in [2.24, 2.45) is 11.5 Å². The maximum absolute atomic E-state index is 5.99. The van der Waals surface area contributed by atoms with Crippen molar-refractivity contribution >= 4 is 27.3 Å². The largest absolute Gasteiger partial charge is 0.328 e. The molecule has 4 heteroatoms. The van der Waals surface area contributed by atoms with Gasteiger partial charge in [0.25, 0.3) is 0 Å². The van der Waals surface area contributed by atoms with Gasteiger partial charge < -0.3 is 11.5 Å². The van der Waals surface area contributed by atoms with E-state index in [0.717, 1.165) is 17.3 Å². The number of rotatable bonds is 4. The first-order valence-corrected chi connectivity index (χ1v) is 6.02. The van der Waals surface area contributed by atoms with E-state index in [2.05, 4.69) is 27.4 Å². The Morgan fingerprint density at radius 1 is 1.46 bits per heavy atom. The smallest absolute Gasteiger partial charge is 0.0390 e. The normalized spacial score (nSPS) is 15.7. The molecule has 2 atom stereocenters. The fourth-order valence-corrected chi connectivity index (χ4v) is 2.59. The first-order valence-electron chi connectivity index (χ1n) is 4.34. The van der Waals surface area contributed by atoms with Crippen LogP contribution in [-0.2, 0) is 0 Å². The van der Waals surface area contributed by atoms with Gasteiger partial charge in [0.1, 0.15) is 0 Å². The van der Waals surface area contributed by atoms with Crippen LogP contribution in [0.4, 0.5) is 0 Å². The lowest BCUT2D eigenvalue weighted by atomic mass is 10.1. The molecule has 0 aromatic carbocycles. The van der Waals surface area contributed by atoms with Crippen molar-refractivity contribution in [1.82, 2.24) is 0 Å². The first kappa shape index (κ1) is 11.2. The Kier molecular flexibility index (Phi) is 4.38. The van der Waals surface area contributed by atoms with Crippen LogP contribution in [0.1, 0.15) is 30.7 Å². The van der Waals surface area contributed by atoms with Gasteiger partial charge in [0.2, 0.25) is 0 Å². The average Bonchev–Trinajstić information content (AvgIpc) is 2.47. The molecule has 0 spiro atoms. The molecule has 0 radical (unpaired) electrons. The molecule has 0 saturated heterocycles. The number of thiophene rings is 1. The third kappa shape index (κ3) is 3.77. The molecule has 2 unspecified atom stereocenters. The number of nitrogens with two attached hydrogens (primary N) is 2. The highest BCUT2D eigenvalue weighted by atomic mass is 79.9. The van der Waals surface area contributed by atoms with Crippen molar-refractivity contribution in [3.05, 3.63) is 20.8 Å². The second-order valence-electron chi connectivity index (χ2n) is 3.33. The van der Waals surface area contributed by atoms with Gasteiger partial charge in [-0.15, -0.1) is 11.3 Å². The van der Waals surface area contributed by atoms with Crippen LogP contribution in [0, 0.1) is 0 Å². The minimum Gasteiger partial charge on any atom is -0.328 e. The van der Waals surface area contributed by atoms with Crippen molar-refractivity contribution < 1.29 is 0 Å². The molecule has 1 rings (SSSR count). The Morgan fingerprint density at radius 3 is 2.62 bits per heavy atom. The van der Waals surface area contributed by atoms with E-state index in [4.69, 9.17) is 11.5 Å². The maximum Gasteiger partial charge on any atom is 0.0390 e. The summed E-state index contributed by atoms with van der Waals surface area (Å²) in [5, 5.41) is 2.06. The van der Waals surface area contributed by atoms with Crippen molar-refractivity contribution in [3.63, 3.8) is 0 Å². The Hall–Kier alpha value is 0.1000. The molecule has 1 heterocycles. The molecule has 2 nitrogen and oxygen atoms in total. The zero-order chi connectivity index (χ0) is 9.84. The van der Waals surface area contributed by atoms with Gasteiger partial charge in [-0.05, 0) is 41.8 Å². The van der Waals surface area contributed by atoms with Gasteiger partial charge in [-0.25, -0.2) is 0 Å². The highest BCUT2D eigenvalue weighted by Gasteiger charge is 2.08. The van der Waals surface area contributed by atoms with E-state index in [0.29, 0.717) is 0 Å². The van der Waals surface area contributed by atoms with Crippen LogP contribution in [0.25, 0.3) is 0 Å². The summed E-state index contributed by atoms with van der Waals surface area (Å²) >= 11 is 5.11. The van der Waals surface area contributed by atoms with Gasteiger partial charge >= 0.3 is 0 Å².